The number of rotatable bonds is 6. The maximum atomic E-state index is 12.0. The van der Waals surface area contributed by atoms with E-state index in [2.05, 4.69) is 5.32 Å². The number of primary sulfonamides is 1. The number of aryl methyl sites for hydroxylation is 1. The molecule has 7 nitrogen and oxygen atoms in total. The van der Waals surface area contributed by atoms with Gasteiger partial charge in [-0.05, 0) is 31.0 Å². The summed E-state index contributed by atoms with van der Waals surface area (Å²) in [5.74, 6) is -0.491. The first-order chi connectivity index (χ1) is 9.50. The number of hydrogen-bond donors (Lipinski definition) is 2. The minimum Gasteiger partial charge on any atom is -0.352 e. The van der Waals surface area contributed by atoms with E-state index in [0.29, 0.717) is 12.0 Å². The smallest absolute Gasteiger partial charge is 0.251 e. The van der Waals surface area contributed by atoms with Gasteiger partial charge in [-0.25, -0.2) is 22.0 Å². The van der Waals surface area contributed by atoms with Gasteiger partial charge < -0.3 is 5.32 Å². The van der Waals surface area contributed by atoms with Crippen molar-refractivity contribution in [3.63, 3.8) is 0 Å². The molecule has 0 spiro atoms. The molecule has 1 rings (SSSR count). The van der Waals surface area contributed by atoms with E-state index in [4.69, 9.17) is 5.14 Å². The normalized spacial score (nSPS) is 12.1. The Kier molecular flexibility index (Phi) is 5.48. The summed E-state index contributed by atoms with van der Waals surface area (Å²) >= 11 is 0. The molecule has 0 unspecified atom stereocenters. The molecule has 0 bridgehead atoms. The van der Waals surface area contributed by atoms with Gasteiger partial charge in [-0.1, -0.05) is 6.07 Å². The molecule has 0 aliphatic rings. The molecule has 21 heavy (non-hydrogen) atoms. The van der Waals surface area contributed by atoms with Crippen molar-refractivity contribution < 1.29 is 21.6 Å². The van der Waals surface area contributed by atoms with Crippen molar-refractivity contribution in [1.82, 2.24) is 5.32 Å². The van der Waals surface area contributed by atoms with Gasteiger partial charge in [0.2, 0.25) is 10.0 Å². The number of sulfonamides is 1. The quantitative estimate of drug-likeness (QED) is 0.698. The lowest BCUT2D eigenvalue weighted by molar-refractivity contribution is 0.0953. The predicted octanol–water partition coefficient (Wildman–Crippen LogP) is -0.193. The average Bonchev–Trinajstić information content (AvgIpc) is 2.32. The van der Waals surface area contributed by atoms with E-state index in [0.717, 1.165) is 6.26 Å². The monoisotopic (exact) mass is 334 g/mol. The zero-order chi connectivity index (χ0) is 16.3. The second-order valence-corrected chi connectivity index (χ2v) is 8.58. The second-order valence-electron chi connectivity index (χ2n) is 4.76. The summed E-state index contributed by atoms with van der Waals surface area (Å²) in [6.07, 6.45) is 1.41. The van der Waals surface area contributed by atoms with E-state index >= 15 is 0 Å². The van der Waals surface area contributed by atoms with Crippen molar-refractivity contribution >= 4 is 25.8 Å². The van der Waals surface area contributed by atoms with E-state index in [1.165, 1.54) is 18.2 Å². The topological polar surface area (TPSA) is 123 Å². The predicted molar refractivity (Wildman–Crippen MR) is 79.2 cm³/mol. The molecule has 0 heterocycles. The van der Waals surface area contributed by atoms with Crippen LogP contribution in [-0.4, -0.2) is 41.3 Å². The second kappa shape index (κ2) is 6.54. The van der Waals surface area contributed by atoms with E-state index in [-0.39, 0.29) is 22.8 Å². The van der Waals surface area contributed by atoms with Crippen molar-refractivity contribution in [2.24, 2.45) is 5.14 Å². The number of carbonyl (C=O) groups is 1. The number of benzene rings is 1. The SMILES string of the molecule is Cc1ccc(S(N)(=O)=O)cc1C(=O)NCCCS(C)(=O)=O. The van der Waals surface area contributed by atoms with Crippen LogP contribution >= 0.6 is 0 Å². The molecular formula is C12H18N2O5S2. The average molecular weight is 334 g/mol. The molecule has 0 saturated heterocycles. The fraction of sp³-hybridized carbons (Fsp3) is 0.417. The Balaban J connectivity index is 2.79. The molecule has 1 aromatic rings. The Morgan fingerprint density at radius 2 is 1.86 bits per heavy atom. The highest BCUT2D eigenvalue weighted by molar-refractivity contribution is 7.90. The largest absolute Gasteiger partial charge is 0.352 e. The third-order valence-electron chi connectivity index (χ3n) is 2.76. The highest BCUT2D eigenvalue weighted by Crippen LogP contribution is 2.14. The summed E-state index contributed by atoms with van der Waals surface area (Å²) in [6.45, 7) is 1.85. The third-order valence-corrected chi connectivity index (χ3v) is 4.70. The molecule has 1 amide bonds. The molecule has 0 aliphatic carbocycles. The summed E-state index contributed by atoms with van der Waals surface area (Å²) in [7, 11) is -6.95. The van der Waals surface area contributed by atoms with Crippen LogP contribution in [0.3, 0.4) is 0 Å². The molecule has 118 valence electrons. The first-order valence-electron chi connectivity index (χ1n) is 6.10. The lowest BCUT2D eigenvalue weighted by atomic mass is 10.1. The van der Waals surface area contributed by atoms with Gasteiger partial charge in [0.1, 0.15) is 9.84 Å². The zero-order valence-electron chi connectivity index (χ0n) is 11.8. The van der Waals surface area contributed by atoms with Crippen molar-refractivity contribution in [3.05, 3.63) is 29.3 Å². The molecule has 0 radical (unpaired) electrons. The van der Waals surface area contributed by atoms with Crippen molar-refractivity contribution in [3.8, 4) is 0 Å². The first kappa shape index (κ1) is 17.6. The Morgan fingerprint density at radius 1 is 1.24 bits per heavy atom. The zero-order valence-corrected chi connectivity index (χ0v) is 13.4. The van der Waals surface area contributed by atoms with Gasteiger partial charge in [0.05, 0.1) is 10.6 Å². The van der Waals surface area contributed by atoms with Gasteiger partial charge >= 0.3 is 0 Å². The standard InChI is InChI=1S/C12H18N2O5S2/c1-9-4-5-10(21(13,18)19)8-11(9)12(15)14-6-3-7-20(2,16)17/h4-5,8H,3,6-7H2,1-2H3,(H,14,15)(H2,13,18,19). The number of carbonyl (C=O) groups excluding carboxylic acids is 1. The number of nitrogens with one attached hydrogen (secondary N) is 1. The molecular weight excluding hydrogens is 316 g/mol. The van der Waals surface area contributed by atoms with Crippen LogP contribution in [0.5, 0.6) is 0 Å². The maximum absolute atomic E-state index is 12.0. The summed E-state index contributed by atoms with van der Waals surface area (Å²) in [5, 5.41) is 7.57. The summed E-state index contributed by atoms with van der Waals surface area (Å²) in [4.78, 5) is 11.8. The minimum absolute atomic E-state index is 0.0243. The third kappa shape index (κ3) is 5.82. The van der Waals surface area contributed by atoms with Crippen molar-refractivity contribution in [2.75, 3.05) is 18.6 Å². The fourth-order valence-corrected chi connectivity index (χ4v) is 2.86. The van der Waals surface area contributed by atoms with Crippen LogP contribution in [0.4, 0.5) is 0 Å². The lowest BCUT2D eigenvalue weighted by Crippen LogP contribution is -2.27. The highest BCUT2D eigenvalue weighted by atomic mass is 32.2. The van der Waals surface area contributed by atoms with Crippen LogP contribution in [0, 0.1) is 6.92 Å². The molecule has 0 atom stereocenters. The Bertz CT molecular complexity index is 739. The van der Waals surface area contributed by atoms with E-state index in [9.17, 15) is 21.6 Å². The summed E-state index contributed by atoms with van der Waals surface area (Å²) < 4.78 is 44.5. The van der Waals surface area contributed by atoms with Gasteiger partial charge in [-0.2, -0.15) is 0 Å². The van der Waals surface area contributed by atoms with E-state index < -0.39 is 25.8 Å². The van der Waals surface area contributed by atoms with Crippen LogP contribution in [0.15, 0.2) is 23.1 Å². The van der Waals surface area contributed by atoms with Crippen molar-refractivity contribution in [1.29, 1.82) is 0 Å². The van der Waals surface area contributed by atoms with Crippen molar-refractivity contribution in [2.45, 2.75) is 18.2 Å². The molecule has 0 fully saturated rings. The van der Waals surface area contributed by atoms with Crippen LogP contribution in [0.2, 0.25) is 0 Å². The summed E-state index contributed by atoms with van der Waals surface area (Å²) in [6, 6.07) is 4.02. The van der Waals surface area contributed by atoms with Gasteiger partial charge in [-0.3, -0.25) is 4.79 Å². The fourth-order valence-electron chi connectivity index (χ4n) is 1.65. The van der Waals surface area contributed by atoms with Gasteiger partial charge in [0.25, 0.3) is 5.91 Å². The Hall–Kier alpha value is -1.45. The summed E-state index contributed by atoms with van der Waals surface area (Å²) in [5.41, 5.74) is 0.795. The number of sulfone groups is 1. The molecule has 0 saturated carbocycles. The van der Waals surface area contributed by atoms with Gasteiger partial charge in [-0.15, -0.1) is 0 Å². The van der Waals surface area contributed by atoms with Crippen LogP contribution in [0.1, 0.15) is 22.3 Å². The first-order valence-corrected chi connectivity index (χ1v) is 9.71. The molecule has 0 aliphatic heterocycles. The Labute approximate surface area is 124 Å². The van der Waals surface area contributed by atoms with Crippen LogP contribution < -0.4 is 10.5 Å². The maximum Gasteiger partial charge on any atom is 0.251 e. The molecule has 9 heteroatoms. The molecule has 0 aromatic heterocycles. The van der Waals surface area contributed by atoms with Crippen LogP contribution in [0.25, 0.3) is 0 Å². The lowest BCUT2D eigenvalue weighted by Gasteiger charge is -2.09. The van der Waals surface area contributed by atoms with Gasteiger partial charge in [0, 0.05) is 18.4 Å². The Morgan fingerprint density at radius 3 is 2.38 bits per heavy atom. The molecule has 1 aromatic carbocycles. The minimum atomic E-state index is -3.88. The van der Waals surface area contributed by atoms with E-state index in [1.807, 2.05) is 0 Å². The molecule has 3 N–H and O–H groups in total. The highest BCUT2D eigenvalue weighted by Gasteiger charge is 2.14. The number of hydrogen-bond acceptors (Lipinski definition) is 5. The van der Waals surface area contributed by atoms with E-state index in [1.54, 1.807) is 6.92 Å². The number of amides is 1. The number of nitrogens with two attached hydrogens (primary N) is 1. The van der Waals surface area contributed by atoms with Gasteiger partial charge in [0.15, 0.2) is 0 Å². The van der Waals surface area contributed by atoms with Crippen LogP contribution in [-0.2, 0) is 19.9 Å².